The van der Waals surface area contributed by atoms with Crippen LogP contribution in [-0.4, -0.2) is 26.6 Å². The SMILES string of the molecule is Cc1ccc(S(=O)(=O)N(CC(=O)NN=C2CCCCCCC2)c2ccccc2C)cc1. The van der Waals surface area contributed by atoms with Crippen molar-refractivity contribution >= 4 is 27.3 Å². The number of nitrogens with one attached hydrogen (secondary N) is 1. The lowest BCUT2D eigenvalue weighted by molar-refractivity contribution is -0.119. The number of aryl methyl sites for hydroxylation is 2. The normalized spacial score (nSPS) is 15.0. The first-order valence-corrected chi connectivity index (χ1v) is 12.3. The predicted molar refractivity (Wildman–Crippen MR) is 125 cm³/mol. The number of anilines is 1. The number of amides is 1. The topological polar surface area (TPSA) is 78.8 Å². The Kier molecular flexibility index (Phi) is 7.85. The monoisotopic (exact) mass is 441 g/mol. The van der Waals surface area contributed by atoms with Crippen molar-refractivity contribution in [3.63, 3.8) is 0 Å². The molecule has 0 heterocycles. The van der Waals surface area contributed by atoms with E-state index in [0.29, 0.717) is 5.69 Å². The molecule has 0 spiro atoms. The Morgan fingerprint density at radius 1 is 0.935 bits per heavy atom. The fourth-order valence-corrected chi connectivity index (χ4v) is 5.20. The number of carbonyl (C=O) groups is 1. The van der Waals surface area contributed by atoms with Crippen molar-refractivity contribution in [3.05, 3.63) is 59.7 Å². The first kappa shape index (κ1) is 23.0. The number of rotatable bonds is 6. The Balaban J connectivity index is 1.84. The number of sulfonamides is 1. The molecule has 6 nitrogen and oxygen atoms in total. The van der Waals surface area contributed by atoms with E-state index in [1.54, 1.807) is 36.4 Å². The summed E-state index contributed by atoms with van der Waals surface area (Å²) in [5.41, 5.74) is 5.80. The molecule has 0 aromatic heterocycles. The third kappa shape index (κ3) is 6.17. The van der Waals surface area contributed by atoms with E-state index >= 15 is 0 Å². The van der Waals surface area contributed by atoms with Crippen molar-refractivity contribution in [2.45, 2.75) is 63.7 Å². The number of hydrogen-bond acceptors (Lipinski definition) is 4. The smallest absolute Gasteiger partial charge is 0.264 e. The van der Waals surface area contributed by atoms with Gasteiger partial charge in [0, 0.05) is 5.71 Å². The molecule has 1 N–H and O–H groups in total. The Morgan fingerprint density at radius 3 is 2.19 bits per heavy atom. The van der Waals surface area contributed by atoms with Crippen LogP contribution in [0.1, 0.15) is 56.1 Å². The van der Waals surface area contributed by atoms with Crippen LogP contribution in [-0.2, 0) is 14.8 Å². The second-order valence-corrected chi connectivity index (χ2v) is 9.95. The Hall–Kier alpha value is -2.67. The summed E-state index contributed by atoms with van der Waals surface area (Å²) in [7, 11) is -3.92. The highest BCUT2D eigenvalue weighted by Crippen LogP contribution is 2.26. The maximum Gasteiger partial charge on any atom is 0.264 e. The van der Waals surface area contributed by atoms with Crippen LogP contribution in [0.15, 0.2) is 58.5 Å². The predicted octanol–water partition coefficient (Wildman–Crippen LogP) is 4.72. The standard InChI is InChI=1S/C24H31N3O3S/c1-19-14-16-22(17-15-19)31(29,30)27(23-13-9-8-10-20(23)2)18-24(28)26-25-21-11-6-4-3-5-7-12-21/h8-10,13-17H,3-7,11-12,18H2,1-2H3,(H,26,28). The average molecular weight is 442 g/mol. The summed E-state index contributed by atoms with van der Waals surface area (Å²) >= 11 is 0. The molecule has 3 rings (SSSR count). The van der Waals surface area contributed by atoms with Crippen LogP contribution in [0, 0.1) is 13.8 Å². The molecule has 0 unspecified atom stereocenters. The molecule has 0 saturated heterocycles. The van der Waals surface area contributed by atoms with Gasteiger partial charge in [-0.2, -0.15) is 5.10 Å². The molecule has 1 fully saturated rings. The largest absolute Gasteiger partial charge is 0.271 e. The quantitative estimate of drug-likeness (QED) is 0.659. The highest BCUT2D eigenvalue weighted by atomic mass is 32.2. The van der Waals surface area contributed by atoms with E-state index in [1.807, 2.05) is 26.0 Å². The summed E-state index contributed by atoms with van der Waals surface area (Å²) < 4.78 is 28.0. The number of benzene rings is 2. The Morgan fingerprint density at radius 2 is 1.55 bits per heavy atom. The molecule has 0 aliphatic heterocycles. The number of carbonyl (C=O) groups excluding carboxylic acids is 1. The van der Waals surface area contributed by atoms with E-state index in [9.17, 15) is 13.2 Å². The molecule has 1 aliphatic carbocycles. The van der Waals surface area contributed by atoms with Crippen molar-refractivity contribution < 1.29 is 13.2 Å². The summed E-state index contributed by atoms with van der Waals surface area (Å²) in [6.45, 7) is 3.40. The van der Waals surface area contributed by atoms with Gasteiger partial charge in [-0.3, -0.25) is 9.10 Å². The summed E-state index contributed by atoms with van der Waals surface area (Å²) in [4.78, 5) is 12.9. The van der Waals surface area contributed by atoms with Gasteiger partial charge in [-0.25, -0.2) is 13.8 Å². The van der Waals surface area contributed by atoms with E-state index in [4.69, 9.17) is 0 Å². The Labute approximate surface area is 185 Å². The van der Waals surface area contributed by atoms with Crippen LogP contribution in [0.2, 0.25) is 0 Å². The number of hydrogen-bond donors (Lipinski definition) is 1. The minimum absolute atomic E-state index is 0.153. The minimum atomic E-state index is -3.92. The summed E-state index contributed by atoms with van der Waals surface area (Å²) in [6.07, 6.45) is 7.53. The maximum atomic E-state index is 13.4. The van der Waals surface area contributed by atoms with Gasteiger partial charge < -0.3 is 0 Å². The zero-order valence-corrected chi connectivity index (χ0v) is 19.1. The molecular weight excluding hydrogens is 410 g/mol. The zero-order chi connectivity index (χ0) is 22.3. The fraction of sp³-hybridized carbons (Fsp3) is 0.417. The van der Waals surface area contributed by atoms with Gasteiger partial charge in [0.25, 0.3) is 15.9 Å². The van der Waals surface area contributed by atoms with Gasteiger partial charge in [0.15, 0.2) is 0 Å². The van der Waals surface area contributed by atoms with Gasteiger partial charge in [-0.15, -0.1) is 0 Å². The summed E-state index contributed by atoms with van der Waals surface area (Å²) in [5.74, 6) is -0.450. The number of hydrazone groups is 1. The molecule has 0 atom stereocenters. The molecule has 1 saturated carbocycles. The first-order chi connectivity index (χ1) is 14.9. The molecule has 2 aromatic rings. The van der Waals surface area contributed by atoms with Gasteiger partial charge in [-0.05, 0) is 63.3 Å². The second kappa shape index (κ2) is 10.6. The third-order valence-corrected chi connectivity index (χ3v) is 7.32. The first-order valence-electron chi connectivity index (χ1n) is 10.9. The van der Waals surface area contributed by atoms with E-state index in [2.05, 4.69) is 10.5 Å². The highest BCUT2D eigenvalue weighted by Gasteiger charge is 2.28. The highest BCUT2D eigenvalue weighted by molar-refractivity contribution is 7.92. The van der Waals surface area contributed by atoms with Crippen LogP contribution in [0.3, 0.4) is 0 Å². The van der Waals surface area contributed by atoms with Crippen molar-refractivity contribution in [3.8, 4) is 0 Å². The van der Waals surface area contributed by atoms with Gasteiger partial charge in [0.2, 0.25) is 0 Å². The lowest BCUT2D eigenvalue weighted by atomic mass is 9.99. The van der Waals surface area contributed by atoms with Gasteiger partial charge in [0.1, 0.15) is 6.54 Å². The third-order valence-electron chi connectivity index (χ3n) is 5.55. The van der Waals surface area contributed by atoms with Gasteiger partial charge in [0.05, 0.1) is 10.6 Å². The van der Waals surface area contributed by atoms with Crippen LogP contribution in [0.25, 0.3) is 0 Å². The molecule has 0 bridgehead atoms. The van der Waals surface area contributed by atoms with Gasteiger partial charge in [-0.1, -0.05) is 55.2 Å². The molecule has 7 heteroatoms. The van der Waals surface area contributed by atoms with Crippen LogP contribution in [0.4, 0.5) is 5.69 Å². The summed E-state index contributed by atoms with van der Waals surface area (Å²) in [6, 6.07) is 13.8. The molecule has 0 radical (unpaired) electrons. The lowest BCUT2D eigenvalue weighted by Crippen LogP contribution is -2.40. The van der Waals surface area contributed by atoms with Crippen molar-refractivity contribution in [1.29, 1.82) is 0 Å². The van der Waals surface area contributed by atoms with Crippen LogP contribution < -0.4 is 9.73 Å². The molecule has 1 aliphatic rings. The molecular formula is C24H31N3O3S. The number of para-hydroxylation sites is 1. The van der Waals surface area contributed by atoms with E-state index < -0.39 is 15.9 Å². The molecule has 166 valence electrons. The minimum Gasteiger partial charge on any atom is -0.271 e. The van der Waals surface area contributed by atoms with Crippen molar-refractivity contribution in [2.24, 2.45) is 5.10 Å². The van der Waals surface area contributed by atoms with E-state index in [0.717, 1.165) is 42.5 Å². The molecule has 1 amide bonds. The van der Waals surface area contributed by atoms with Crippen LogP contribution in [0.5, 0.6) is 0 Å². The average Bonchev–Trinajstić information content (AvgIpc) is 2.72. The molecule has 2 aromatic carbocycles. The summed E-state index contributed by atoms with van der Waals surface area (Å²) in [5, 5.41) is 4.32. The van der Waals surface area contributed by atoms with Gasteiger partial charge >= 0.3 is 0 Å². The van der Waals surface area contributed by atoms with Crippen molar-refractivity contribution in [2.75, 3.05) is 10.8 Å². The molecule has 31 heavy (non-hydrogen) atoms. The lowest BCUT2D eigenvalue weighted by Gasteiger charge is -2.25. The van der Waals surface area contributed by atoms with Crippen molar-refractivity contribution in [1.82, 2.24) is 5.43 Å². The Bertz CT molecular complexity index is 1020. The zero-order valence-electron chi connectivity index (χ0n) is 18.3. The van der Waals surface area contributed by atoms with E-state index in [-0.39, 0.29) is 11.4 Å². The second-order valence-electron chi connectivity index (χ2n) is 8.09. The fourth-order valence-electron chi connectivity index (χ4n) is 3.71. The van der Waals surface area contributed by atoms with E-state index in [1.165, 1.54) is 23.6 Å². The maximum absolute atomic E-state index is 13.4. The van der Waals surface area contributed by atoms with Crippen LogP contribution >= 0.6 is 0 Å². The number of nitrogens with zero attached hydrogens (tertiary/aromatic N) is 2.